The highest BCUT2D eigenvalue weighted by Crippen LogP contribution is 2.42. The van der Waals surface area contributed by atoms with E-state index in [1.165, 1.54) is 11.3 Å². The first-order chi connectivity index (χ1) is 16.4. The largest absolute Gasteiger partial charge is 0.374 e. The van der Waals surface area contributed by atoms with Crippen LogP contribution in [0.5, 0.6) is 0 Å². The lowest BCUT2D eigenvalue weighted by Gasteiger charge is -2.35. The zero-order valence-corrected chi connectivity index (χ0v) is 22.2. The lowest BCUT2D eigenvalue weighted by atomic mass is 10.1. The molecule has 0 aliphatic rings. The minimum absolute atomic E-state index is 0.407. The average Bonchev–Trinajstić information content (AvgIpc) is 3.17. The van der Waals surface area contributed by atoms with Crippen LogP contribution in [0.15, 0.2) is 28.4 Å². The number of azo groups is 1. The number of nitrogens with zero attached hydrogens (tertiary/aromatic N) is 6. The van der Waals surface area contributed by atoms with Crippen molar-refractivity contribution in [2.75, 3.05) is 57.4 Å². The molecule has 1 heterocycles. The fourth-order valence-electron chi connectivity index (χ4n) is 3.99. The van der Waals surface area contributed by atoms with Crippen molar-refractivity contribution in [3.8, 4) is 6.07 Å². The lowest BCUT2D eigenvalue weighted by Crippen LogP contribution is -2.49. The number of nitriles is 1. The maximum Gasteiger partial charge on any atom is 0.229 e. The van der Waals surface area contributed by atoms with Gasteiger partial charge in [-0.1, -0.05) is 0 Å². The summed E-state index contributed by atoms with van der Waals surface area (Å²) in [5.74, 6) is 0. The van der Waals surface area contributed by atoms with Crippen molar-refractivity contribution in [3.63, 3.8) is 0 Å². The molecule has 2 rings (SSSR count). The molecular weight excluding hydrogens is 444 g/mol. The maximum absolute atomic E-state index is 9.22. The van der Waals surface area contributed by atoms with Gasteiger partial charge in [0.1, 0.15) is 17.6 Å². The molecule has 8 heteroatoms. The predicted molar refractivity (Wildman–Crippen MR) is 141 cm³/mol. The number of likely N-dealkylation sites (N-methyl/N-ethyl adjacent to an activating group) is 2. The van der Waals surface area contributed by atoms with E-state index in [1.807, 2.05) is 19.1 Å². The van der Waals surface area contributed by atoms with Crippen LogP contribution in [-0.2, 0) is 4.74 Å². The van der Waals surface area contributed by atoms with Crippen LogP contribution in [0.25, 0.3) is 4.85 Å². The Balaban J connectivity index is 2.01. The van der Waals surface area contributed by atoms with Gasteiger partial charge in [0.15, 0.2) is 0 Å². The molecule has 0 aliphatic heterocycles. The highest BCUT2D eigenvalue weighted by Gasteiger charge is 2.20. The molecule has 0 unspecified atom stereocenters. The van der Waals surface area contributed by atoms with Crippen molar-refractivity contribution in [2.45, 2.75) is 41.5 Å². The van der Waals surface area contributed by atoms with Crippen LogP contribution in [0, 0.1) is 31.8 Å². The van der Waals surface area contributed by atoms with E-state index in [1.54, 1.807) is 6.92 Å². The first-order valence-electron chi connectivity index (χ1n) is 12.0. The third kappa shape index (κ3) is 6.64. The van der Waals surface area contributed by atoms with Gasteiger partial charge in [0.25, 0.3) is 0 Å². The molecule has 0 radical (unpaired) electrons. The summed E-state index contributed by atoms with van der Waals surface area (Å²) in [5, 5.41) is 18.4. The molecule has 34 heavy (non-hydrogen) atoms. The van der Waals surface area contributed by atoms with E-state index in [9.17, 15) is 5.26 Å². The standard InChI is InChI=1S/C26H37N6OS/c1-8-31(14-16-33-17-15-32(9-2,10-3)11-4)22-12-13-23(20(5)18-22)29-30-26-25(28-7)21(6)24(19-27)34-26/h12-13,18H,8-11,14-17H2,1-6H3/q+1/b30-29+. The molecular formula is C26H37N6OS+. The molecule has 0 saturated carbocycles. The van der Waals surface area contributed by atoms with Gasteiger partial charge < -0.3 is 14.1 Å². The lowest BCUT2D eigenvalue weighted by molar-refractivity contribution is -0.923. The fraction of sp³-hybridized carbons (Fsp3) is 0.538. The van der Waals surface area contributed by atoms with Crippen LogP contribution < -0.4 is 4.90 Å². The number of hydrogen-bond donors (Lipinski definition) is 0. The SMILES string of the molecule is [C-]#[N+]c1c(/N=N/c2ccc(N(CC)CCOCC[N+](CC)(CC)CC)cc2C)sc(C#N)c1C. The van der Waals surface area contributed by atoms with Crippen molar-refractivity contribution in [2.24, 2.45) is 10.2 Å². The molecule has 0 aliphatic carbocycles. The second-order valence-electron chi connectivity index (χ2n) is 8.31. The van der Waals surface area contributed by atoms with Crippen molar-refractivity contribution in [3.05, 3.63) is 45.6 Å². The molecule has 0 amide bonds. The highest BCUT2D eigenvalue weighted by atomic mass is 32.1. The number of anilines is 1. The van der Waals surface area contributed by atoms with Crippen LogP contribution in [-0.4, -0.2) is 57.0 Å². The van der Waals surface area contributed by atoms with E-state index < -0.39 is 0 Å². The Morgan fingerprint density at radius 2 is 1.82 bits per heavy atom. The van der Waals surface area contributed by atoms with Crippen molar-refractivity contribution >= 4 is 33.4 Å². The Hall–Kier alpha value is -2.78. The van der Waals surface area contributed by atoms with Gasteiger partial charge in [-0.05, 0) is 70.9 Å². The first kappa shape index (κ1) is 27.5. The number of thiophene rings is 1. The van der Waals surface area contributed by atoms with E-state index >= 15 is 0 Å². The second-order valence-corrected chi connectivity index (χ2v) is 9.31. The zero-order chi connectivity index (χ0) is 25.1. The van der Waals surface area contributed by atoms with Crippen LogP contribution in [0.3, 0.4) is 0 Å². The molecule has 7 nitrogen and oxygen atoms in total. The Morgan fingerprint density at radius 1 is 1.12 bits per heavy atom. The summed E-state index contributed by atoms with van der Waals surface area (Å²) >= 11 is 1.21. The van der Waals surface area contributed by atoms with Crippen molar-refractivity contribution < 1.29 is 9.22 Å². The van der Waals surface area contributed by atoms with E-state index in [4.69, 9.17) is 11.3 Å². The van der Waals surface area contributed by atoms with Gasteiger partial charge in [0, 0.05) is 18.8 Å². The Labute approximate surface area is 208 Å². The topological polar surface area (TPSA) is 65.3 Å². The number of quaternary nitrogens is 1. The molecule has 1 aromatic carbocycles. The van der Waals surface area contributed by atoms with Crippen LogP contribution in [0.2, 0.25) is 0 Å². The Bertz CT molecular complexity index is 1050. The quantitative estimate of drug-likeness (QED) is 0.135. The number of hydrogen-bond acceptors (Lipinski definition) is 6. The molecule has 0 spiro atoms. The Morgan fingerprint density at radius 3 is 2.38 bits per heavy atom. The fourth-order valence-corrected chi connectivity index (χ4v) is 4.86. The van der Waals surface area contributed by atoms with Crippen molar-refractivity contribution in [1.82, 2.24) is 0 Å². The van der Waals surface area contributed by atoms with E-state index in [0.29, 0.717) is 27.7 Å². The maximum atomic E-state index is 9.22. The van der Waals surface area contributed by atoms with Gasteiger partial charge >= 0.3 is 0 Å². The summed E-state index contributed by atoms with van der Waals surface area (Å²) in [4.78, 5) is 6.34. The zero-order valence-electron chi connectivity index (χ0n) is 21.4. The van der Waals surface area contributed by atoms with Gasteiger partial charge in [0.2, 0.25) is 5.69 Å². The van der Waals surface area contributed by atoms with Crippen LogP contribution >= 0.6 is 11.3 Å². The number of rotatable bonds is 13. The molecule has 182 valence electrons. The highest BCUT2D eigenvalue weighted by molar-refractivity contribution is 7.17. The van der Waals surface area contributed by atoms with Crippen molar-refractivity contribution in [1.29, 1.82) is 5.26 Å². The van der Waals surface area contributed by atoms with Crippen LogP contribution in [0.1, 0.15) is 43.7 Å². The number of benzene rings is 1. The summed E-state index contributed by atoms with van der Waals surface area (Å²) in [7, 11) is 0. The molecule has 0 saturated heterocycles. The summed E-state index contributed by atoms with van der Waals surface area (Å²) in [6.45, 7) is 27.8. The summed E-state index contributed by atoms with van der Waals surface area (Å²) in [6.07, 6.45) is 0. The number of aryl methyl sites for hydroxylation is 1. The average molecular weight is 482 g/mol. The van der Waals surface area contributed by atoms with Gasteiger partial charge in [-0.15, -0.1) is 11.3 Å². The van der Waals surface area contributed by atoms with E-state index in [-0.39, 0.29) is 0 Å². The molecule has 0 N–H and O–H groups in total. The molecule has 0 atom stereocenters. The van der Waals surface area contributed by atoms with E-state index in [0.717, 1.165) is 67.3 Å². The summed E-state index contributed by atoms with van der Waals surface area (Å²) < 4.78 is 7.10. The van der Waals surface area contributed by atoms with Crippen LogP contribution in [0.4, 0.5) is 22.1 Å². The first-order valence-corrected chi connectivity index (χ1v) is 12.8. The Kier molecular flexibility index (Phi) is 10.7. The minimum Gasteiger partial charge on any atom is -0.374 e. The second kappa shape index (κ2) is 13.2. The number of ether oxygens (including phenoxy) is 1. The van der Waals surface area contributed by atoms with Gasteiger partial charge in [0.05, 0.1) is 50.0 Å². The smallest absolute Gasteiger partial charge is 0.229 e. The third-order valence-electron chi connectivity index (χ3n) is 6.71. The molecule has 0 fully saturated rings. The molecule has 2 aromatic rings. The van der Waals surface area contributed by atoms with Gasteiger partial charge in [-0.3, -0.25) is 0 Å². The summed E-state index contributed by atoms with van der Waals surface area (Å²) in [6, 6.07) is 8.24. The summed E-state index contributed by atoms with van der Waals surface area (Å²) in [5.41, 5.74) is 3.97. The monoisotopic (exact) mass is 481 g/mol. The van der Waals surface area contributed by atoms with Gasteiger partial charge in [-0.2, -0.15) is 15.5 Å². The van der Waals surface area contributed by atoms with E-state index in [2.05, 4.69) is 59.8 Å². The predicted octanol–water partition coefficient (Wildman–Crippen LogP) is 6.92. The third-order valence-corrected chi connectivity index (χ3v) is 7.78. The van der Waals surface area contributed by atoms with Gasteiger partial charge in [-0.25, -0.2) is 4.85 Å². The molecule has 1 aromatic heterocycles. The normalized spacial score (nSPS) is 11.5. The molecule has 0 bridgehead atoms. The minimum atomic E-state index is 0.407.